The van der Waals surface area contributed by atoms with Crippen molar-refractivity contribution in [1.82, 2.24) is 29.7 Å². The van der Waals surface area contributed by atoms with Gasteiger partial charge in [0.1, 0.15) is 23.3 Å². The Morgan fingerprint density at radius 3 is 1.20 bits per heavy atom. The van der Waals surface area contributed by atoms with Crippen LogP contribution in [0.5, 0.6) is 0 Å². The Kier molecular flexibility index (Phi) is 12.0. The molecule has 4 heterocycles. The molecule has 8 rings (SSSR count). The molecule has 0 unspecified atom stereocenters. The van der Waals surface area contributed by atoms with Crippen molar-refractivity contribution >= 4 is 23.7 Å². The van der Waals surface area contributed by atoms with E-state index in [-0.39, 0.29) is 46.6 Å². The zero-order chi connectivity index (χ0) is 39.3. The third-order valence-corrected chi connectivity index (χ3v) is 11.1. The Balaban J connectivity index is 0.000000172. The largest absolute Gasteiger partial charge is 0.354 e. The van der Waals surface area contributed by atoms with Gasteiger partial charge in [0.25, 0.3) is 0 Å². The predicted octanol–water partition coefficient (Wildman–Crippen LogP) is 6.70. The molecule has 2 saturated heterocycles. The van der Waals surface area contributed by atoms with Crippen molar-refractivity contribution in [2.24, 2.45) is 23.7 Å². The molecule has 4 fully saturated rings. The molecule has 2 aromatic heterocycles. The minimum absolute atomic E-state index is 0.0130. The molecular formula is C40H42F6N8O2. The molecule has 2 saturated carbocycles. The van der Waals surface area contributed by atoms with Gasteiger partial charge in [0.2, 0.25) is 23.7 Å². The first-order valence-electron chi connectivity index (χ1n) is 18.9. The second kappa shape index (κ2) is 17.2. The van der Waals surface area contributed by atoms with Crippen LogP contribution in [0.15, 0.2) is 61.2 Å². The summed E-state index contributed by atoms with van der Waals surface area (Å²) in [6.07, 6.45) is 8.75. The molecule has 2 aliphatic heterocycles. The summed E-state index contributed by atoms with van der Waals surface area (Å²) in [5.74, 6) is -3.18. The molecule has 2 amide bonds. The molecule has 296 valence electrons. The van der Waals surface area contributed by atoms with Crippen LogP contribution in [0.2, 0.25) is 0 Å². The van der Waals surface area contributed by atoms with E-state index in [0.717, 1.165) is 50.5 Å². The van der Waals surface area contributed by atoms with Gasteiger partial charge in [0.15, 0.2) is 11.6 Å². The van der Waals surface area contributed by atoms with Gasteiger partial charge in [-0.25, -0.2) is 46.3 Å². The molecule has 10 nitrogen and oxygen atoms in total. The molecule has 56 heavy (non-hydrogen) atoms. The molecule has 2 aromatic carbocycles. The summed E-state index contributed by atoms with van der Waals surface area (Å²) < 4.78 is 81.3. The topological polar surface area (TPSA) is 116 Å². The number of carbonyl (C=O) groups excluding carboxylic acids is 2. The third kappa shape index (κ3) is 9.39. The van der Waals surface area contributed by atoms with Crippen LogP contribution in [-0.2, 0) is 9.59 Å². The molecule has 2 aliphatic carbocycles. The highest BCUT2D eigenvalue weighted by molar-refractivity contribution is 5.83. The highest BCUT2D eigenvalue weighted by Crippen LogP contribution is 2.51. The fourth-order valence-electron chi connectivity index (χ4n) is 7.77. The molecular weight excluding hydrogens is 738 g/mol. The van der Waals surface area contributed by atoms with Gasteiger partial charge in [-0.3, -0.25) is 9.59 Å². The van der Waals surface area contributed by atoms with Crippen LogP contribution in [0.4, 0.5) is 38.2 Å². The van der Waals surface area contributed by atoms with Gasteiger partial charge in [0.05, 0.1) is 24.8 Å². The zero-order valence-electron chi connectivity index (χ0n) is 30.5. The monoisotopic (exact) mass is 780 g/mol. The average Bonchev–Trinajstić information content (AvgIpc) is 4.14. The lowest BCUT2D eigenvalue weighted by Gasteiger charge is -2.32. The van der Waals surface area contributed by atoms with Crippen LogP contribution in [0.1, 0.15) is 61.5 Å². The maximum absolute atomic E-state index is 13.9. The Hall–Kier alpha value is -5.28. The van der Waals surface area contributed by atoms with E-state index >= 15 is 0 Å². The number of hydrogen-bond acceptors (Lipinski definition) is 8. The number of carbonyl (C=O) groups is 2. The number of benzene rings is 2. The fourth-order valence-corrected chi connectivity index (χ4v) is 7.77. The van der Waals surface area contributed by atoms with Crippen LogP contribution in [-0.4, -0.2) is 80.8 Å². The molecule has 4 atom stereocenters. The van der Waals surface area contributed by atoms with E-state index < -0.39 is 34.9 Å². The van der Waals surface area contributed by atoms with E-state index in [0.29, 0.717) is 75.8 Å². The number of rotatable bonds is 10. The highest BCUT2D eigenvalue weighted by Gasteiger charge is 2.49. The maximum Gasteiger partial charge on any atom is 0.226 e. The molecule has 0 radical (unpaired) electrons. The minimum Gasteiger partial charge on any atom is -0.354 e. The lowest BCUT2D eigenvalue weighted by Crippen LogP contribution is -2.41. The van der Waals surface area contributed by atoms with E-state index in [4.69, 9.17) is 0 Å². The summed E-state index contributed by atoms with van der Waals surface area (Å²) in [6.45, 7) is 3.80. The summed E-state index contributed by atoms with van der Waals surface area (Å²) >= 11 is 0. The van der Waals surface area contributed by atoms with Crippen LogP contribution < -0.4 is 10.6 Å². The summed E-state index contributed by atoms with van der Waals surface area (Å²) in [5, 5.41) is 6.17. The Morgan fingerprint density at radius 1 is 0.554 bits per heavy atom. The SMILES string of the molecule is O=C([C@@H]1C[C@H]1c1c(F)cccc1F)N1CCC(CNc2ncc(F)cn2)CC1.O=C([C@H]1C[C@@H]1c1c(F)cccc1F)N1CCC(CNc2ncc(F)cn2)CC1. The summed E-state index contributed by atoms with van der Waals surface area (Å²) in [5.41, 5.74) is 0.0819. The normalized spacial score (nSPS) is 22.2. The molecule has 4 aliphatic rings. The number of nitrogens with zero attached hydrogens (tertiary/aromatic N) is 6. The minimum atomic E-state index is -0.576. The summed E-state index contributed by atoms with van der Waals surface area (Å²) in [4.78, 5) is 44.5. The van der Waals surface area contributed by atoms with Gasteiger partial charge >= 0.3 is 0 Å². The van der Waals surface area contributed by atoms with Gasteiger partial charge in [-0.1, -0.05) is 12.1 Å². The number of amides is 2. The van der Waals surface area contributed by atoms with Crippen molar-refractivity contribution in [3.05, 3.63) is 107 Å². The predicted molar refractivity (Wildman–Crippen MR) is 194 cm³/mol. The fraction of sp³-hybridized carbons (Fsp3) is 0.450. The Morgan fingerprint density at radius 2 is 0.875 bits per heavy atom. The van der Waals surface area contributed by atoms with Gasteiger partial charge in [-0.15, -0.1) is 0 Å². The zero-order valence-corrected chi connectivity index (χ0v) is 30.5. The Bertz CT molecular complexity index is 1810. The first-order valence-corrected chi connectivity index (χ1v) is 18.9. The number of piperidine rings is 2. The van der Waals surface area contributed by atoms with Crippen LogP contribution >= 0.6 is 0 Å². The first-order chi connectivity index (χ1) is 27.0. The van der Waals surface area contributed by atoms with Crippen LogP contribution in [0, 0.1) is 58.6 Å². The molecule has 2 N–H and O–H groups in total. The number of aromatic nitrogens is 4. The number of anilines is 2. The first kappa shape index (κ1) is 39.0. The van der Waals surface area contributed by atoms with Crippen molar-refractivity contribution in [2.45, 2.75) is 50.4 Å². The summed E-state index contributed by atoms with van der Waals surface area (Å²) in [6, 6.07) is 7.62. The lowest BCUT2D eigenvalue weighted by atomic mass is 9.96. The number of likely N-dealkylation sites (tertiary alicyclic amines) is 2. The van der Waals surface area contributed by atoms with E-state index in [2.05, 4.69) is 30.6 Å². The van der Waals surface area contributed by atoms with Crippen molar-refractivity contribution in [3.63, 3.8) is 0 Å². The molecule has 4 aromatic rings. The van der Waals surface area contributed by atoms with E-state index in [9.17, 15) is 35.9 Å². The molecule has 0 bridgehead atoms. The van der Waals surface area contributed by atoms with E-state index in [1.54, 1.807) is 9.80 Å². The smallest absolute Gasteiger partial charge is 0.226 e. The number of halogens is 6. The Labute approximate surface area is 320 Å². The van der Waals surface area contributed by atoms with E-state index in [1.165, 1.54) is 36.4 Å². The third-order valence-electron chi connectivity index (χ3n) is 11.1. The van der Waals surface area contributed by atoms with Crippen LogP contribution in [0.25, 0.3) is 0 Å². The van der Waals surface area contributed by atoms with Crippen molar-refractivity contribution < 1.29 is 35.9 Å². The lowest BCUT2D eigenvalue weighted by molar-refractivity contribution is -0.134. The van der Waals surface area contributed by atoms with Gasteiger partial charge in [-0.2, -0.15) is 0 Å². The summed E-state index contributed by atoms with van der Waals surface area (Å²) in [7, 11) is 0. The van der Waals surface area contributed by atoms with Gasteiger partial charge in [0, 0.05) is 74.1 Å². The van der Waals surface area contributed by atoms with E-state index in [1.807, 2.05) is 0 Å². The van der Waals surface area contributed by atoms with Crippen molar-refractivity contribution in [1.29, 1.82) is 0 Å². The van der Waals surface area contributed by atoms with Gasteiger partial charge in [-0.05, 0) is 74.6 Å². The highest BCUT2D eigenvalue weighted by atomic mass is 19.2. The standard InChI is InChI=1S/2C20H21F3N4O/c2*21-13-10-25-20(26-11-13)24-9-12-4-6-27(7-5-12)19(28)15-8-14(15)18-16(22)2-1-3-17(18)23/h2*1-3,10-12,14-15H,4-9H2,(H,24,25,26)/t2*14-,15-/m10/s1. The van der Waals surface area contributed by atoms with Crippen molar-refractivity contribution in [3.8, 4) is 0 Å². The maximum atomic E-state index is 13.9. The quantitative estimate of drug-likeness (QED) is 0.171. The molecule has 0 spiro atoms. The van der Waals surface area contributed by atoms with Gasteiger partial charge < -0.3 is 20.4 Å². The number of hydrogen-bond donors (Lipinski definition) is 2. The second-order valence-electron chi connectivity index (χ2n) is 14.9. The van der Waals surface area contributed by atoms with Crippen molar-refractivity contribution in [2.75, 3.05) is 49.9 Å². The second-order valence-corrected chi connectivity index (χ2v) is 14.9. The average molecular weight is 781 g/mol. The molecule has 16 heteroatoms. The van der Waals surface area contributed by atoms with Crippen LogP contribution in [0.3, 0.4) is 0 Å². The number of nitrogens with one attached hydrogen (secondary N) is 2.